The molecule has 6 nitrogen and oxygen atoms in total. The zero-order chi connectivity index (χ0) is 24.4. The van der Waals surface area contributed by atoms with Gasteiger partial charge in [0.1, 0.15) is 23.7 Å². The lowest BCUT2D eigenvalue weighted by atomic mass is 10.0. The molecule has 0 spiro atoms. The minimum Gasteiger partial charge on any atom is -0.488 e. The second kappa shape index (κ2) is 9.49. The third-order valence-corrected chi connectivity index (χ3v) is 5.66. The van der Waals surface area contributed by atoms with E-state index in [1.165, 1.54) is 18.2 Å². The quantitative estimate of drug-likeness (QED) is 0.396. The van der Waals surface area contributed by atoms with Crippen LogP contribution in [0.1, 0.15) is 22.3 Å². The molecule has 0 radical (unpaired) electrons. The van der Waals surface area contributed by atoms with E-state index in [9.17, 15) is 18.8 Å². The number of carbonyl (C=O) groups is 3. The number of hydrogen-bond acceptors (Lipinski definition) is 4. The number of aryl methyl sites for hydroxylation is 2. The fourth-order valence-corrected chi connectivity index (χ4v) is 3.60. The molecule has 1 saturated heterocycles. The molecular formula is C26H20ClFN2O4. The average Bonchev–Trinajstić information content (AvgIpc) is 2.79. The zero-order valence-corrected chi connectivity index (χ0v) is 19.2. The number of nitrogens with one attached hydrogen (secondary N) is 1. The smallest absolute Gasteiger partial charge is 0.335 e. The van der Waals surface area contributed by atoms with Crippen LogP contribution in [-0.2, 0) is 16.2 Å². The van der Waals surface area contributed by atoms with Crippen LogP contribution >= 0.6 is 11.6 Å². The Morgan fingerprint density at radius 1 is 0.971 bits per heavy atom. The second-order valence-electron chi connectivity index (χ2n) is 7.82. The first-order valence-electron chi connectivity index (χ1n) is 10.4. The van der Waals surface area contributed by atoms with Gasteiger partial charge in [-0.1, -0.05) is 29.8 Å². The monoisotopic (exact) mass is 478 g/mol. The maximum Gasteiger partial charge on any atom is 0.335 e. The van der Waals surface area contributed by atoms with Crippen molar-refractivity contribution < 1.29 is 23.5 Å². The number of hydrogen-bond donors (Lipinski definition) is 1. The lowest BCUT2D eigenvalue weighted by Crippen LogP contribution is -2.54. The van der Waals surface area contributed by atoms with Gasteiger partial charge in [0.15, 0.2) is 0 Å². The molecule has 172 valence electrons. The van der Waals surface area contributed by atoms with Crippen LogP contribution in [0.15, 0.2) is 66.2 Å². The molecule has 34 heavy (non-hydrogen) atoms. The van der Waals surface area contributed by atoms with Gasteiger partial charge < -0.3 is 4.74 Å². The fraction of sp³-hybridized carbons (Fsp3) is 0.115. The van der Waals surface area contributed by atoms with Crippen LogP contribution < -0.4 is 15.0 Å². The molecule has 3 aromatic rings. The Morgan fingerprint density at radius 3 is 2.41 bits per heavy atom. The predicted molar refractivity (Wildman–Crippen MR) is 127 cm³/mol. The maximum atomic E-state index is 13.2. The van der Waals surface area contributed by atoms with E-state index in [0.717, 1.165) is 21.6 Å². The number of anilines is 1. The lowest BCUT2D eigenvalue weighted by molar-refractivity contribution is -0.122. The summed E-state index contributed by atoms with van der Waals surface area (Å²) >= 11 is 6.15. The summed E-state index contributed by atoms with van der Waals surface area (Å²) in [5, 5.41) is 2.58. The Morgan fingerprint density at radius 2 is 1.71 bits per heavy atom. The van der Waals surface area contributed by atoms with Crippen LogP contribution in [0.4, 0.5) is 14.9 Å². The van der Waals surface area contributed by atoms with Crippen LogP contribution in [0.5, 0.6) is 5.75 Å². The van der Waals surface area contributed by atoms with Crippen LogP contribution in [0.2, 0.25) is 5.02 Å². The summed E-state index contributed by atoms with van der Waals surface area (Å²) in [4.78, 5) is 39.2. The van der Waals surface area contributed by atoms with Gasteiger partial charge in [-0.05, 0) is 79.1 Å². The third kappa shape index (κ3) is 4.84. The molecule has 4 amide bonds. The highest BCUT2D eigenvalue weighted by atomic mass is 35.5. The number of imide groups is 2. The molecule has 1 aliphatic rings. The summed E-state index contributed by atoms with van der Waals surface area (Å²) in [5.74, 6) is -1.58. The number of urea groups is 1. The molecule has 1 heterocycles. The Balaban J connectivity index is 1.67. The van der Waals surface area contributed by atoms with Crippen molar-refractivity contribution in [1.29, 1.82) is 0 Å². The van der Waals surface area contributed by atoms with E-state index in [0.29, 0.717) is 22.0 Å². The first-order valence-corrected chi connectivity index (χ1v) is 10.8. The molecule has 0 unspecified atom stereocenters. The van der Waals surface area contributed by atoms with Gasteiger partial charge in [-0.15, -0.1) is 0 Å². The highest BCUT2D eigenvalue weighted by Crippen LogP contribution is 2.29. The van der Waals surface area contributed by atoms with Crippen LogP contribution in [-0.4, -0.2) is 17.8 Å². The number of benzene rings is 3. The minimum absolute atomic E-state index is 0.130. The summed E-state index contributed by atoms with van der Waals surface area (Å²) in [6.45, 7) is 3.91. The van der Waals surface area contributed by atoms with Crippen LogP contribution in [0.3, 0.4) is 0 Å². The summed E-state index contributed by atoms with van der Waals surface area (Å²) in [6.07, 6.45) is 1.34. The van der Waals surface area contributed by atoms with Gasteiger partial charge in [0.05, 0.1) is 5.69 Å². The number of nitrogens with zero attached hydrogens (tertiary/aromatic N) is 1. The Labute approximate surface area is 200 Å². The van der Waals surface area contributed by atoms with Crippen molar-refractivity contribution in [1.82, 2.24) is 5.32 Å². The van der Waals surface area contributed by atoms with Crippen LogP contribution in [0, 0.1) is 19.7 Å². The number of barbiturate groups is 1. The number of carbonyl (C=O) groups excluding carboxylic acids is 3. The van der Waals surface area contributed by atoms with Crippen molar-refractivity contribution in [2.45, 2.75) is 20.5 Å². The van der Waals surface area contributed by atoms with E-state index < -0.39 is 17.8 Å². The highest BCUT2D eigenvalue weighted by Gasteiger charge is 2.37. The summed E-state index contributed by atoms with van der Waals surface area (Å²) in [6, 6.07) is 14.9. The SMILES string of the molecule is Cc1ccc(N2C(=O)NC(=O)/C(=C\c3cc(Cl)ccc3OCc3ccc(F)cc3)C2=O)cc1C. The Bertz CT molecular complexity index is 1340. The van der Waals surface area contributed by atoms with E-state index in [2.05, 4.69) is 5.32 Å². The third-order valence-electron chi connectivity index (χ3n) is 5.43. The molecule has 3 aromatic carbocycles. The molecule has 0 aliphatic carbocycles. The van der Waals surface area contributed by atoms with Crippen molar-refractivity contribution in [3.63, 3.8) is 0 Å². The number of halogens is 2. The van der Waals surface area contributed by atoms with Gasteiger partial charge in [0.25, 0.3) is 11.8 Å². The largest absolute Gasteiger partial charge is 0.488 e. The normalized spacial score (nSPS) is 15.0. The molecule has 0 aromatic heterocycles. The molecule has 1 aliphatic heterocycles. The molecule has 4 rings (SSSR count). The molecular weight excluding hydrogens is 459 g/mol. The number of rotatable bonds is 5. The number of ether oxygens (including phenoxy) is 1. The average molecular weight is 479 g/mol. The van der Waals surface area contributed by atoms with Gasteiger partial charge >= 0.3 is 6.03 Å². The second-order valence-corrected chi connectivity index (χ2v) is 8.26. The first kappa shape index (κ1) is 23.2. The van der Waals surface area contributed by atoms with E-state index >= 15 is 0 Å². The highest BCUT2D eigenvalue weighted by molar-refractivity contribution is 6.39. The molecule has 0 bridgehead atoms. The maximum absolute atomic E-state index is 13.2. The van der Waals surface area contributed by atoms with E-state index in [1.54, 1.807) is 48.5 Å². The van der Waals surface area contributed by atoms with Crippen LogP contribution in [0.25, 0.3) is 6.08 Å². The summed E-state index contributed by atoms with van der Waals surface area (Å²) < 4.78 is 19.0. The van der Waals surface area contributed by atoms with Gasteiger partial charge in [-0.25, -0.2) is 14.1 Å². The van der Waals surface area contributed by atoms with Gasteiger partial charge in [0.2, 0.25) is 0 Å². The van der Waals surface area contributed by atoms with Crippen molar-refractivity contribution in [2.24, 2.45) is 0 Å². The van der Waals surface area contributed by atoms with Crippen molar-refractivity contribution in [3.05, 3.63) is 99.3 Å². The zero-order valence-electron chi connectivity index (χ0n) is 18.4. The van der Waals surface area contributed by atoms with E-state index in [1.807, 2.05) is 13.8 Å². The topological polar surface area (TPSA) is 75.7 Å². The van der Waals surface area contributed by atoms with Crippen molar-refractivity contribution in [2.75, 3.05) is 4.90 Å². The Kier molecular flexibility index (Phi) is 6.47. The van der Waals surface area contributed by atoms with Gasteiger partial charge in [-0.2, -0.15) is 0 Å². The predicted octanol–water partition coefficient (Wildman–Crippen LogP) is 5.34. The molecule has 1 N–H and O–H groups in total. The van der Waals surface area contributed by atoms with Crippen molar-refractivity contribution in [3.8, 4) is 5.75 Å². The van der Waals surface area contributed by atoms with E-state index in [4.69, 9.17) is 16.3 Å². The summed E-state index contributed by atoms with van der Waals surface area (Å²) in [7, 11) is 0. The molecule has 1 fully saturated rings. The minimum atomic E-state index is -0.825. The van der Waals surface area contributed by atoms with Gasteiger partial charge in [-0.3, -0.25) is 14.9 Å². The number of amides is 4. The standard InChI is InChI=1S/C26H20ClFN2O4/c1-15-3-9-21(11-16(15)2)30-25(32)22(24(31)29-26(30)33)13-18-12-19(27)6-10-23(18)34-14-17-4-7-20(28)8-5-17/h3-13H,14H2,1-2H3,(H,29,31,33)/b22-13+. The van der Waals surface area contributed by atoms with E-state index in [-0.39, 0.29) is 18.0 Å². The molecule has 0 atom stereocenters. The lowest BCUT2D eigenvalue weighted by Gasteiger charge is -2.27. The summed E-state index contributed by atoms with van der Waals surface area (Å²) in [5.41, 5.74) is 3.11. The van der Waals surface area contributed by atoms with Crippen molar-refractivity contribution >= 4 is 41.2 Å². The fourth-order valence-electron chi connectivity index (χ4n) is 3.42. The molecule has 0 saturated carbocycles. The van der Waals surface area contributed by atoms with Gasteiger partial charge in [0, 0.05) is 10.6 Å². The Hall–Kier alpha value is -3.97. The molecule has 8 heteroatoms. The first-order chi connectivity index (χ1) is 16.2.